The largest absolute Gasteiger partial charge is 0.346 e. The average Bonchev–Trinajstić information content (AvgIpc) is 3.17. The number of amides is 2. The van der Waals surface area contributed by atoms with Crippen molar-refractivity contribution in [2.75, 3.05) is 11.1 Å². The number of hydrogen-bond acceptors (Lipinski definition) is 5. The van der Waals surface area contributed by atoms with Gasteiger partial charge >= 0.3 is 0 Å². The number of anilines is 1. The van der Waals surface area contributed by atoms with E-state index in [0.717, 1.165) is 21.9 Å². The summed E-state index contributed by atoms with van der Waals surface area (Å²) in [7, 11) is 0. The van der Waals surface area contributed by atoms with Crippen LogP contribution in [0, 0.1) is 0 Å². The molecule has 1 aromatic heterocycles. The van der Waals surface area contributed by atoms with Crippen LogP contribution < -0.4 is 10.6 Å². The Morgan fingerprint density at radius 2 is 2.07 bits per heavy atom. The van der Waals surface area contributed by atoms with Gasteiger partial charge in [-0.15, -0.1) is 11.8 Å². The lowest BCUT2D eigenvalue weighted by molar-refractivity contribution is -0.115. The highest BCUT2D eigenvalue weighted by atomic mass is 32.2. The van der Waals surface area contributed by atoms with E-state index in [0.29, 0.717) is 17.7 Å². The summed E-state index contributed by atoms with van der Waals surface area (Å²) < 4.78 is 1.68. The van der Waals surface area contributed by atoms with Crippen molar-refractivity contribution in [1.82, 2.24) is 20.1 Å². The lowest BCUT2D eigenvalue weighted by atomic mass is 10.1. The van der Waals surface area contributed by atoms with E-state index < -0.39 is 0 Å². The molecule has 2 N–H and O–H groups in total. The summed E-state index contributed by atoms with van der Waals surface area (Å²) in [5.41, 5.74) is 3.10. The van der Waals surface area contributed by atoms with Gasteiger partial charge in [0.25, 0.3) is 5.91 Å². The molecule has 2 aromatic carbocycles. The van der Waals surface area contributed by atoms with Crippen LogP contribution in [-0.4, -0.2) is 32.3 Å². The molecule has 0 spiro atoms. The molecule has 8 heteroatoms. The van der Waals surface area contributed by atoms with Crippen LogP contribution in [0.5, 0.6) is 0 Å². The Labute approximate surface area is 166 Å². The topological polar surface area (TPSA) is 88.9 Å². The van der Waals surface area contributed by atoms with Gasteiger partial charge < -0.3 is 10.6 Å². The van der Waals surface area contributed by atoms with Crippen molar-refractivity contribution >= 4 is 29.3 Å². The molecule has 7 nitrogen and oxygen atoms in total. The molecule has 2 heterocycles. The van der Waals surface area contributed by atoms with Crippen molar-refractivity contribution in [2.45, 2.75) is 24.3 Å². The van der Waals surface area contributed by atoms with E-state index in [1.807, 2.05) is 37.3 Å². The fourth-order valence-electron chi connectivity index (χ4n) is 2.98. The summed E-state index contributed by atoms with van der Waals surface area (Å²) in [5, 5.41) is 9.98. The summed E-state index contributed by atoms with van der Waals surface area (Å²) in [5.74, 6) is 0.537. The van der Waals surface area contributed by atoms with Gasteiger partial charge in [-0.05, 0) is 42.8 Å². The molecule has 0 saturated heterocycles. The summed E-state index contributed by atoms with van der Waals surface area (Å²) >= 11 is 1.62. The van der Waals surface area contributed by atoms with Gasteiger partial charge in [0.1, 0.15) is 12.7 Å². The van der Waals surface area contributed by atoms with E-state index in [-0.39, 0.29) is 17.9 Å². The number of nitrogens with one attached hydrogen (secondary N) is 2. The number of fused-ring (bicyclic) bond motifs is 1. The van der Waals surface area contributed by atoms with Gasteiger partial charge in [0.2, 0.25) is 5.91 Å². The number of benzene rings is 2. The third kappa shape index (κ3) is 3.91. The van der Waals surface area contributed by atoms with Gasteiger partial charge in [0, 0.05) is 22.6 Å². The van der Waals surface area contributed by atoms with Gasteiger partial charge in [-0.3, -0.25) is 9.59 Å². The smallest absolute Gasteiger partial charge is 0.251 e. The Bertz CT molecular complexity index is 1000. The van der Waals surface area contributed by atoms with Crippen LogP contribution >= 0.6 is 11.8 Å². The Morgan fingerprint density at radius 1 is 1.25 bits per heavy atom. The third-order valence-corrected chi connectivity index (χ3v) is 5.60. The van der Waals surface area contributed by atoms with Crippen LogP contribution in [-0.2, 0) is 4.79 Å². The minimum absolute atomic E-state index is 0.0235. The zero-order valence-corrected chi connectivity index (χ0v) is 16.1. The zero-order valence-electron chi connectivity index (χ0n) is 15.3. The summed E-state index contributed by atoms with van der Waals surface area (Å²) in [4.78, 5) is 29.4. The van der Waals surface area contributed by atoms with Crippen LogP contribution in [0.4, 0.5) is 5.69 Å². The molecule has 0 radical (unpaired) electrons. The first-order valence-corrected chi connectivity index (χ1v) is 9.91. The monoisotopic (exact) mass is 393 g/mol. The standard InChI is InChI=1S/C20H19N5O2S/c1-13(14-2-5-16(6-3-14)25-12-21-11-22-25)23-20(27)15-4-7-18-17(10-15)24-19(26)8-9-28-18/h2-7,10-13H,8-9H2,1H3,(H,23,27)(H,24,26). The maximum Gasteiger partial charge on any atom is 0.251 e. The minimum Gasteiger partial charge on any atom is -0.346 e. The van der Waals surface area contributed by atoms with Gasteiger partial charge in [0.15, 0.2) is 0 Å². The Morgan fingerprint density at radius 3 is 2.82 bits per heavy atom. The number of thioether (sulfide) groups is 1. The highest BCUT2D eigenvalue weighted by Gasteiger charge is 2.17. The van der Waals surface area contributed by atoms with E-state index in [2.05, 4.69) is 20.7 Å². The molecule has 142 valence electrons. The van der Waals surface area contributed by atoms with Crippen molar-refractivity contribution in [1.29, 1.82) is 0 Å². The number of carbonyl (C=O) groups is 2. The summed E-state index contributed by atoms with van der Waals surface area (Å²) in [6.45, 7) is 1.93. The van der Waals surface area contributed by atoms with Gasteiger partial charge in [-0.25, -0.2) is 9.67 Å². The van der Waals surface area contributed by atoms with Crippen LogP contribution in [0.3, 0.4) is 0 Å². The van der Waals surface area contributed by atoms with Crippen molar-refractivity contribution < 1.29 is 9.59 Å². The minimum atomic E-state index is -0.181. The zero-order chi connectivity index (χ0) is 19.5. The van der Waals surface area contributed by atoms with Gasteiger partial charge in [0.05, 0.1) is 17.4 Å². The molecule has 1 aliphatic heterocycles. The SMILES string of the molecule is CC(NC(=O)c1ccc2c(c1)NC(=O)CCS2)c1ccc(-n2cncn2)cc1. The van der Waals surface area contributed by atoms with Crippen LogP contribution in [0.1, 0.15) is 35.3 Å². The summed E-state index contributed by atoms with van der Waals surface area (Å²) in [6, 6.07) is 13.0. The molecule has 4 rings (SSSR count). The molecule has 28 heavy (non-hydrogen) atoms. The number of rotatable bonds is 4. The maximum absolute atomic E-state index is 12.7. The first-order valence-electron chi connectivity index (χ1n) is 8.93. The van der Waals surface area contributed by atoms with Crippen molar-refractivity contribution in [2.24, 2.45) is 0 Å². The molecule has 1 unspecified atom stereocenters. The molecule has 3 aromatic rings. The maximum atomic E-state index is 12.7. The van der Waals surface area contributed by atoms with E-state index >= 15 is 0 Å². The molecule has 1 atom stereocenters. The van der Waals surface area contributed by atoms with Gasteiger partial charge in [-0.1, -0.05) is 12.1 Å². The van der Waals surface area contributed by atoms with Crippen molar-refractivity contribution in [3.63, 3.8) is 0 Å². The lowest BCUT2D eigenvalue weighted by Gasteiger charge is -2.16. The second-order valence-electron chi connectivity index (χ2n) is 6.48. The molecular weight excluding hydrogens is 374 g/mol. The molecule has 0 saturated carbocycles. The lowest BCUT2D eigenvalue weighted by Crippen LogP contribution is -2.26. The molecular formula is C20H19N5O2S. The molecule has 0 fully saturated rings. The van der Waals surface area contributed by atoms with E-state index in [1.165, 1.54) is 6.33 Å². The average molecular weight is 393 g/mol. The van der Waals surface area contributed by atoms with E-state index in [9.17, 15) is 9.59 Å². The Hall–Kier alpha value is -3.13. The second kappa shape index (κ2) is 7.85. The highest BCUT2D eigenvalue weighted by molar-refractivity contribution is 7.99. The normalized spacial score (nSPS) is 14.5. The predicted molar refractivity (Wildman–Crippen MR) is 108 cm³/mol. The van der Waals surface area contributed by atoms with Crippen LogP contribution in [0.2, 0.25) is 0 Å². The molecule has 0 aliphatic carbocycles. The fraction of sp³-hybridized carbons (Fsp3) is 0.200. The Balaban J connectivity index is 1.46. The number of hydrogen-bond donors (Lipinski definition) is 2. The van der Waals surface area contributed by atoms with E-state index in [1.54, 1.807) is 34.9 Å². The Kier molecular flexibility index (Phi) is 5.12. The van der Waals surface area contributed by atoms with Crippen molar-refractivity contribution in [3.8, 4) is 5.69 Å². The number of carbonyl (C=O) groups excluding carboxylic acids is 2. The first-order chi connectivity index (χ1) is 13.6. The number of aromatic nitrogens is 3. The molecule has 0 bridgehead atoms. The van der Waals surface area contributed by atoms with Gasteiger partial charge in [-0.2, -0.15) is 5.10 Å². The van der Waals surface area contributed by atoms with Crippen molar-refractivity contribution in [3.05, 3.63) is 66.2 Å². The number of nitrogens with zero attached hydrogens (tertiary/aromatic N) is 3. The second-order valence-corrected chi connectivity index (χ2v) is 7.62. The van der Waals surface area contributed by atoms with Crippen LogP contribution in [0.25, 0.3) is 5.69 Å². The third-order valence-electron chi connectivity index (χ3n) is 4.53. The molecule has 1 aliphatic rings. The van der Waals surface area contributed by atoms with E-state index in [4.69, 9.17) is 0 Å². The fourth-order valence-corrected chi connectivity index (χ4v) is 3.92. The molecule has 2 amide bonds. The van der Waals surface area contributed by atoms with Crippen LogP contribution in [0.15, 0.2) is 60.0 Å². The predicted octanol–water partition coefficient (Wildman–Crippen LogP) is 3.19. The highest BCUT2D eigenvalue weighted by Crippen LogP contribution is 2.31. The quantitative estimate of drug-likeness (QED) is 0.711. The summed E-state index contributed by atoms with van der Waals surface area (Å²) in [6.07, 6.45) is 3.59. The first kappa shape index (κ1) is 18.2.